The maximum absolute atomic E-state index is 13.3. The molecule has 0 radical (unpaired) electrons. The van der Waals surface area contributed by atoms with E-state index in [1.165, 1.54) is 17.8 Å². The van der Waals surface area contributed by atoms with Gasteiger partial charge in [-0.2, -0.15) is 0 Å². The molecule has 8 heteroatoms. The number of halogens is 2. The summed E-state index contributed by atoms with van der Waals surface area (Å²) in [7, 11) is 2.00. The molecule has 3 atom stereocenters. The molecule has 6 nitrogen and oxygen atoms in total. The predicted octanol–water partition coefficient (Wildman–Crippen LogP) is 2.24. The lowest BCUT2D eigenvalue weighted by Crippen LogP contribution is -2.42. The molecule has 1 N–H and O–H groups in total. The van der Waals surface area contributed by atoms with Crippen LogP contribution in [0.15, 0.2) is 30.7 Å². The largest absolute Gasteiger partial charge is 0.377 e. The van der Waals surface area contributed by atoms with Gasteiger partial charge in [-0.15, -0.1) is 0 Å². The van der Waals surface area contributed by atoms with Gasteiger partial charge in [-0.3, -0.25) is 9.69 Å². The second kappa shape index (κ2) is 8.59. The molecule has 2 aromatic rings. The molecule has 3 heterocycles. The number of amides is 1. The SMILES string of the molecule is Cn1cncc1CN1CC[C@@H]2[C@@H](CO[C@H]2CC(=O)NCc2cc(F)cc(F)c2)C1. The fourth-order valence-electron chi connectivity index (χ4n) is 4.45. The topological polar surface area (TPSA) is 59.4 Å². The number of aryl methyl sites for hydroxylation is 1. The number of rotatable bonds is 6. The number of carbonyl (C=O) groups is 1. The van der Waals surface area contributed by atoms with Crippen LogP contribution in [0.2, 0.25) is 0 Å². The number of likely N-dealkylation sites (tertiary alicyclic amines) is 1. The van der Waals surface area contributed by atoms with Crippen molar-refractivity contribution in [1.82, 2.24) is 19.8 Å². The zero-order chi connectivity index (χ0) is 20.4. The number of carbonyl (C=O) groups excluding carboxylic acids is 1. The first-order chi connectivity index (χ1) is 14.0. The van der Waals surface area contributed by atoms with E-state index in [9.17, 15) is 13.6 Å². The van der Waals surface area contributed by atoms with Crippen LogP contribution in [0.3, 0.4) is 0 Å². The first kappa shape index (κ1) is 20.0. The Morgan fingerprint density at radius 1 is 1.31 bits per heavy atom. The van der Waals surface area contributed by atoms with Gasteiger partial charge in [0.2, 0.25) is 5.91 Å². The van der Waals surface area contributed by atoms with E-state index in [-0.39, 0.29) is 25.0 Å². The molecule has 1 amide bonds. The van der Waals surface area contributed by atoms with Gasteiger partial charge in [0.1, 0.15) is 11.6 Å². The summed E-state index contributed by atoms with van der Waals surface area (Å²) in [5, 5.41) is 2.75. The number of nitrogens with zero attached hydrogens (tertiary/aromatic N) is 3. The van der Waals surface area contributed by atoms with Gasteiger partial charge >= 0.3 is 0 Å². The van der Waals surface area contributed by atoms with Gasteiger partial charge in [-0.1, -0.05) is 0 Å². The summed E-state index contributed by atoms with van der Waals surface area (Å²) in [6, 6.07) is 3.27. The molecule has 2 fully saturated rings. The summed E-state index contributed by atoms with van der Waals surface area (Å²) < 4.78 is 34.5. The standard InChI is InChI=1S/C21H26F2N4O2/c1-26-13-24-9-18(26)11-27-3-2-19-15(10-27)12-29-20(19)7-21(28)25-8-14-4-16(22)6-17(23)5-14/h4-6,9,13,15,19-20H,2-3,7-8,10-12H2,1H3,(H,25,28)/t15-,19-,20+/m1/s1. The van der Waals surface area contributed by atoms with Crippen molar-refractivity contribution in [3.8, 4) is 0 Å². The van der Waals surface area contributed by atoms with Crippen LogP contribution in [0, 0.1) is 23.5 Å². The van der Waals surface area contributed by atoms with Crippen LogP contribution in [0.25, 0.3) is 0 Å². The third-order valence-corrected chi connectivity index (χ3v) is 5.98. The Morgan fingerprint density at radius 2 is 2.10 bits per heavy atom. The van der Waals surface area contributed by atoms with E-state index >= 15 is 0 Å². The Balaban J connectivity index is 1.26. The Morgan fingerprint density at radius 3 is 2.83 bits per heavy atom. The minimum Gasteiger partial charge on any atom is -0.377 e. The molecule has 156 valence electrons. The summed E-state index contributed by atoms with van der Waals surface area (Å²) in [5.74, 6) is -0.650. The number of hydrogen-bond donors (Lipinski definition) is 1. The number of nitrogens with one attached hydrogen (secondary N) is 1. The number of ether oxygens (including phenoxy) is 1. The van der Waals surface area contributed by atoms with E-state index in [1.807, 2.05) is 24.1 Å². The molecule has 2 aliphatic heterocycles. The van der Waals surface area contributed by atoms with Crippen molar-refractivity contribution in [2.45, 2.75) is 32.0 Å². The Kier molecular flexibility index (Phi) is 5.91. The van der Waals surface area contributed by atoms with Crippen molar-refractivity contribution in [3.63, 3.8) is 0 Å². The van der Waals surface area contributed by atoms with Crippen LogP contribution in [-0.2, 0) is 29.7 Å². The van der Waals surface area contributed by atoms with Gasteiger partial charge in [0.25, 0.3) is 0 Å². The molecule has 4 rings (SSSR count). The first-order valence-corrected chi connectivity index (χ1v) is 9.99. The molecular formula is C21H26F2N4O2. The number of imidazole rings is 1. The van der Waals surface area contributed by atoms with E-state index in [0.717, 1.165) is 32.1 Å². The lowest BCUT2D eigenvalue weighted by Gasteiger charge is -2.35. The molecule has 1 aromatic heterocycles. The molecule has 0 spiro atoms. The van der Waals surface area contributed by atoms with Gasteiger partial charge in [0.15, 0.2) is 0 Å². The molecule has 0 bridgehead atoms. The highest BCUT2D eigenvalue weighted by molar-refractivity contribution is 5.76. The van der Waals surface area contributed by atoms with Crippen molar-refractivity contribution in [3.05, 3.63) is 53.6 Å². The molecule has 0 saturated carbocycles. The molecule has 29 heavy (non-hydrogen) atoms. The predicted molar refractivity (Wildman–Crippen MR) is 103 cm³/mol. The van der Waals surface area contributed by atoms with Gasteiger partial charge in [-0.05, 0) is 36.6 Å². The number of piperidine rings is 1. The molecule has 2 saturated heterocycles. The van der Waals surface area contributed by atoms with Gasteiger partial charge in [0.05, 0.1) is 31.2 Å². The molecule has 0 unspecified atom stereocenters. The molecule has 0 aliphatic carbocycles. The van der Waals surface area contributed by atoms with E-state index < -0.39 is 11.6 Å². The third-order valence-electron chi connectivity index (χ3n) is 5.98. The second-order valence-electron chi connectivity index (χ2n) is 8.07. The molecular weight excluding hydrogens is 378 g/mol. The maximum Gasteiger partial charge on any atom is 0.222 e. The smallest absolute Gasteiger partial charge is 0.222 e. The van der Waals surface area contributed by atoms with Crippen molar-refractivity contribution in [2.24, 2.45) is 18.9 Å². The lowest BCUT2D eigenvalue weighted by molar-refractivity contribution is -0.124. The van der Waals surface area contributed by atoms with Gasteiger partial charge in [-0.25, -0.2) is 13.8 Å². The highest BCUT2D eigenvalue weighted by atomic mass is 19.1. The normalized spacial score (nSPS) is 24.4. The minimum atomic E-state index is -0.644. The first-order valence-electron chi connectivity index (χ1n) is 9.99. The number of benzene rings is 1. The van der Waals surface area contributed by atoms with E-state index in [2.05, 4.69) is 15.2 Å². The van der Waals surface area contributed by atoms with Crippen LogP contribution < -0.4 is 5.32 Å². The summed E-state index contributed by atoms with van der Waals surface area (Å²) in [6.45, 7) is 3.56. The minimum absolute atomic E-state index is 0.0944. The monoisotopic (exact) mass is 404 g/mol. The number of hydrogen-bond acceptors (Lipinski definition) is 4. The fraction of sp³-hybridized carbons (Fsp3) is 0.524. The fourth-order valence-corrected chi connectivity index (χ4v) is 4.45. The van der Waals surface area contributed by atoms with Crippen LogP contribution >= 0.6 is 0 Å². The van der Waals surface area contributed by atoms with Crippen molar-refractivity contribution >= 4 is 5.91 Å². The average Bonchev–Trinajstić information content (AvgIpc) is 3.25. The highest BCUT2D eigenvalue weighted by Crippen LogP contribution is 2.36. The summed E-state index contributed by atoms with van der Waals surface area (Å²) in [6.07, 6.45) is 4.89. The summed E-state index contributed by atoms with van der Waals surface area (Å²) in [5.41, 5.74) is 1.59. The Bertz CT molecular complexity index is 852. The van der Waals surface area contributed by atoms with E-state index in [1.54, 1.807) is 0 Å². The highest BCUT2D eigenvalue weighted by Gasteiger charge is 2.41. The quantitative estimate of drug-likeness (QED) is 0.802. The van der Waals surface area contributed by atoms with Gasteiger partial charge < -0.3 is 14.6 Å². The van der Waals surface area contributed by atoms with Crippen LogP contribution in [0.5, 0.6) is 0 Å². The second-order valence-corrected chi connectivity index (χ2v) is 8.07. The summed E-state index contributed by atoms with van der Waals surface area (Å²) >= 11 is 0. The van der Waals surface area contributed by atoms with Crippen molar-refractivity contribution in [1.29, 1.82) is 0 Å². The zero-order valence-corrected chi connectivity index (χ0v) is 16.5. The number of aromatic nitrogens is 2. The zero-order valence-electron chi connectivity index (χ0n) is 16.5. The van der Waals surface area contributed by atoms with E-state index in [4.69, 9.17) is 4.74 Å². The lowest BCUT2D eigenvalue weighted by atomic mass is 9.83. The molecule has 1 aromatic carbocycles. The van der Waals surface area contributed by atoms with E-state index in [0.29, 0.717) is 24.0 Å². The number of fused-ring (bicyclic) bond motifs is 1. The Labute approximate surface area is 168 Å². The van der Waals surface area contributed by atoms with Crippen molar-refractivity contribution in [2.75, 3.05) is 19.7 Å². The van der Waals surface area contributed by atoms with Crippen LogP contribution in [-0.4, -0.2) is 46.2 Å². The maximum atomic E-state index is 13.3. The average molecular weight is 404 g/mol. The van der Waals surface area contributed by atoms with Crippen molar-refractivity contribution < 1.29 is 18.3 Å². The summed E-state index contributed by atoms with van der Waals surface area (Å²) in [4.78, 5) is 18.9. The van der Waals surface area contributed by atoms with Crippen LogP contribution in [0.1, 0.15) is 24.1 Å². The Hall–Kier alpha value is -2.32. The van der Waals surface area contributed by atoms with Gasteiger partial charge in [0, 0.05) is 44.9 Å². The van der Waals surface area contributed by atoms with Crippen LogP contribution in [0.4, 0.5) is 8.78 Å². The molecule has 2 aliphatic rings. The third kappa shape index (κ3) is 4.82.